The monoisotopic (exact) mass is 362 g/mol. The van der Waals surface area contributed by atoms with Crippen LogP contribution < -0.4 is 5.32 Å². The number of nitrogens with zero attached hydrogens (tertiary/aromatic N) is 1. The summed E-state index contributed by atoms with van der Waals surface area (Å²) in [5.74, 6) is -0.934. The van der Waals surface area contributed by atoms with E-state index in [0.29, 0.717) is 17.5 Å². The zero-order valence-electron chi connectivity index (χ0n) is 13.2. The number of alkyl halides is 3. The summed E-state index contributed by atoms with van der Waals surface area (Å²) in [6.45, 7) is -0.123. The van der Waals surface area contributed by atoms with Gasteiger partial charge in [0.2, 0.25) is 0 Å². The van der Waals surface area contributed by atoms with Gasteiger partial charge in [0.1, 0.15) is 11.4 Å². The minimum absolute atomic E-state index is 0.123. The quantitative estimate of drug-likeness (QED) is 0.736. The Morgan fingerprint density at radius 3 is 2.54 bits per heavy atom. The fourth-order valence-corrected chi connectivity index (χ4v) is 2.37. The first-order valence-corrected chi connectivity index (χ1v) is 7.54. The molecule has 0 unspecified atom stereocenters. The largest absolute Gasteiger partial charge is 0.508 e. The lowest BCUT2D eigenvalue weighted by molar-refractivity contribution is -0.137. The Morgan fingerprint density at radius 2 is 1.85 bits per heavy atom. The van der Waals surface area contributed by atoms with E-state index in [9.17, 15) is 23.1 Å². The third-order valence-electron chi connectivity index (χ3n) is 3.60. The zero-order chi connectivity index (χ0) is 18.7. The summed E-state index contributed by atoms with van der Waals surface area (Å²) in [6.07, 6.45) is -4.71. The van der Waals surface area contributed by atoms with Crippen LogP contribution in [0.3, 0.4) is 0 Å². The highest BCUT2D eigenvalue weighted by molar-refractivity contribution is 5.96. The number of phenols is 1. The van der Waals surface area contributed by atoms with Crippen LogP contribution in [0.4, 0.5) is 13.2 Å². The number of phenolic OH excluding ortho intramolecular Hbond substituents is 1. The number of carbonyl (C=O) groups excluding carboxylic acids is 1. The molecule has 0 fully saturated rings. The van der Waals surface area contributed by atoms with Gasteiger partial charge in [0.15, 0.2) is 5.76 Å². The second-order valence-corrected chi connectivity index (χ2v) is 5.46. The highest BCUT2D eigenvalue weighted by Gasteiger charge is 2.35. The molecular formula is C18H13F3N2O3. The Morgan fingerprint density at radius 1 is 1.12 bits per heavy atom. The van der Waals surface area contributed by atoms with Crippen molar-refractivity contribution in [2.75, 3.05) is 0 Å². The molecule has 0 saturated heterocycles. The summed E-state index contributed by atoms with van der Waals surface area (Å²) < 4.78 is 44.2. The lowest BCUT2D eigenvalue weighted by atomic mass is 10.1. The van der Waals surface area contributed by atoms with E-state index >= 15 is 0 Å². The Labute approximate surface area is 146 Å². The number of nitrogens with one attached hydrogen (secondary N) is 1. The molecule has 5 nitrogen and oxygen atoms in total. The smallest absolute Gasteiger partial charge is 0.417 e. The number of aromatic hydroxyl groups is 1. The highest BCUT2D eigenvalue weighted by atomic mass is 19.4. The molecule has 0 bridgehead atoms. The van der Waals surface area contributed by atoms with Crippen LogP contribution in [-0.4, -0.2) is 16.2 Å². The fraction of sp³-hybridized carbons (Fsp3) is 0.111. The maximum atomic E-state index is 13.0. The van der Waals surface area contributed by atoms with E-state index in [1.165, 1.54) is 0 Å². The zero-order valence-corrected chi connectivity index (χ0v) is 13.2. The molecule has 0 aliphatic rings. The first-order valence-electron chi connectivity index (χ1n) is 7.54. The van der Waals surface area contributed by atoms with Crippen LogP contribution >= 0.6 is 0 Å². The number of halogens is 3. The van der Waals surface area contributed by atoms with Crippen molar-refractivity contribution >= 4 is 5.91 Å². The molecule has 1 amide bonds. The molecule has 3 aromatic rings. The number of hydrogen-bond donors (Lipinski definition) is 2. The maximum Gasteiger partial charge on any atom is 0.417 e. The molecule has 26 heavy (non-hydrogen) atoms. The van der Waals surface area contributed by atoms with Crippen molar-refractivity contribution < 1.29 is 27.6 Å². The van der Waals surface area contributed by atoms with Gasteiger partial charge in [-0.25, -0.2) is 0 Å². The summed E-state index contributed by atoms with van der Waals surface area (Å²) in [6, 6.07) is 13.0. The number of amides is 1. The lowest BCUT2D eigenvalue weighted by Gasteiger charge is -2.12. The van der Waals surface area contributed by atoms with Gasteiger partial charge in [0.25, 0.3) is 5.91 Å². The van der Waals surface area contributed by atoms with Gasteiger partial charge in [-0.3, -0.25) is 4.79 Å². The minimum atomic E-state index is -4.71. The molecule has 134 valence electrons. The van der Waals surface area contributed by atoms with Gasteiger partial charge in [0.05, 0.1) is 17.7 Å². The van der Waals surface area contributed by atoms with E-state index in [0.717, 1.165) is 17.7 Å². The van der Waals surface area contributed by atoms with Crippen LogP contribution in [0.25, 0.3) is 11.3 Å². The molecule has 0 spiro atoms. The van der Waals surface area contributed by atoms with Crippen LogP contribution in [-0.2, 0) is 12.7 Å². The predicted molar refractivity (Wildman–Crippen MR) is 86.2 cm³/mol. The molecule has 2 N–H and O–H groups in total. The Balaban J connectivity index is 1.74. The van der Waals surface area contributed by atoms with Gasteiger partial charge in [-0.15, -0.1) is 0 Å². The highest BCUT2D eigenvalue weighted by Crippen LogP contribution is 2.33. The molecule has 8 heteroatoms. The van der Waals surface area contributed by atoms with Crippen molar-refractivity contribution in [2.24, 2.45) is 0 Å². The van der Waals surface area contributed by atoms with Gasteiger partial charge < -0.3 is 14.9 Å². The average molecular weight is 362 g/mol. The third-order valence-corrected chi connectivity index (χ3v) is 3.60. The van der Waals surface area contributed by atoms with Crippen molar-refractivity contribution in [1.82, 2.24) is 10.5 Å². The fourth-order valence-electron chi connectivity index (χ4n) is 2.37. The number of aromatic nitrogens is 1. The third kappa shape index (κ3) is 3.85. The van der Waals surface area contributed by atoms with E-state index in [4.69, 9.17) is 4.52 Å². The molecule has 0 aliphatic heterocycles. The topological polar surface area (TPSA) is 75.4 Å². The molecule has 2 aromatic carbocycles. The van der Waals surface area contributed by atoms with Gasteiger partial charge in [-0.2, -0.15) is 13.2 Å². The second kappa shape index (κ2) is 6.91. The standard InChI is InChI=1S/C18H13F3N2O3/c19-18(20,21)15-7-6-13(24)9-14(15)17(25)22-10-12-8-16(26-23-12)11-4-2-1-3-5-11/h1-9,24H,10H2,(H,22,25). The summed E-state index contributed by atoms with van der Waals surface area (Å²) >= 11 is 0. The number of carbonyl (C=O) groups is 1. The van der Waals surface area contributed by atoms with Crippen molar-refractivity contribution in [3.8, 4) is 17.1 Å². The van der Waals surface area contributed by atoms with Crippen LogP contribution in [0, 0.1) is 0 Å². The molecular weight excluding hydrogens is 349 g/mol. The van der Waals surface area contributed by atoms with E-state index in [1.807, 2.05) is 30.3 Å². The molecule has 3 rings (SSSR count). The second-order valence-electron chi connectivity index (χ2n) is 5.46. The van der Waals surface area contributed by atoms with E-state index in [2.05, 4.69) is 10.5 Å². The molecule has 0 atom stereocenters. The van der Waals surface area contributed by atoms with E-state index < -0.39 is 29.0 Å². The average Bonchev–Trinajstić information content (AvgIpc) is 3.08. The summed E-state index contributed by atoms with van der Waals surface area (Å²) in [7, 11) is 0. The van der Waals surface area contributed by atoms with Gasteiger partial charge >= 0.3 is 6.18 Å². The van der Waals surface area contributed by atoms with Gasteiger partial charge in [0, 0.05) is 11.6 Å². The molecule has 0 saturated carbocycles. The normalized spacial score (nSPS) is 11.3. The van der Waals surface area contributed by atoms with E-state index in [1.54, 1.807) is 6.07 Å². The SMILES string of the molecule is O=C(NCc1cc(-c2ccccc2)on1)c1cc(O)ccc1C(F)(F)F. The molecule has 1 heterocycles. The number of hydrogen-bond acceptors (Lipinski definition) is 4. The summed E-state index contributed by atoms with van der Waals surface area (Å²) in [5.41, 5.74) is -0.655. The first kappa shape index (κ1) is 17.5. The predicted octanol–water partition coefficient (Wildman–Crippen LogP) is 4.00. The van der Waals surface area contributed by atoms with Crippen molar-refractivity contribution in [3.63, 3.8) is 0 Å². The van der Waals surface area contributed by atoms with Crippen molar-refractivity contribution in [3.05, 3.63) is 71.4 Å². The molecule has 0 radical (unpaired) electrons. The van der Waals surface area contributed by atoms with Crippen LogP contribution in [0.2, 0.25) is 0 Å². The lowest BCUT2D eigenvalue weighted by Crippen LogP contribution is -2.26. The van der Waals surface area contributed by atoms with Gasteiger partial charge in [-0.05, 0) is 18.2 Å². The Hall–Kier alpha value is -3.29. The van der Waals surface area contributed by atoms with Crippen LogP contribution in [0.1, 0.15) is 21.6 Å². The summed E-state index contributed by atoms with van der Waals surface area (Å²) in [4.78, 5) is 12.1. The van der Waals surface area contributed by atoms with Crippen LogP contribution in [0.15, 0.2) is 59.1 Å². The van der Waals surface area contributed by atoms with E-state index in [-0.39, 0.29) is 6.54 Å². The molecule has 1 aromatic heterocycles. The van der Waals surface area contributed by atoms with Gasteiger partial charge in [-0.1, -0.05) is 35.5 Å². The van der Waals surface area contributed by atoms with Crippen molar-refractivity contribution in [2.45, 2.75) is 12.7 Å². The maximum absolute atomic E-state index is 13.0. The molecule has 0 aliphatic carbocycles. The van der Waals surface area contributed by atoms with Crippen molar-refractivity contribution in [1.29, 1.82) is 0 Å². The first-order chi connectivity index (χ1) is 12.3. The number of benzene rings is 2. The summed E-state index contributed by atoms with van der Waals surface area (Å²) in [5, 5.41) is 15.5. The Bertz CT molecular complexity index is 921. The Kier molecular flexibility index (Phi) is 4.66. The van der Waals surface area contributed by atoms with Crippen LogP contribution in [0.5, 0.6) is 5.75 Å². The minimum Gasteiger partial charge on any atom is -0.508 e. The number of rotatable bonds is 4.